The van der Waals surface area contributed by atoms with Crippen LogP contribution in [-0.4, -0.2) is 13.1 Å². The van der Waals surface area contributed by atoms with Crippen molar-refractivity contribution in [3.05, 3.63) is 76.8 Å². The van der Waals surface area contributed by atoms with Crippen molar-refractivity contribution >= 4 is 17.3 Å². The maximum absolute atomic E-state index is 9.93. The zero-order chi connectivity index (χ0) is 18.4. The van der Waals surface area contributed by atoms with Gasteiger partial charge in [-0.15, -0.1) is 0 Å². The van der Waals surface area contributed by atoms with Crippen molar-refractivity contribution in [1.29, 1.82) is 5.26 Å². The molecule has 0 N–H and O–H groups in total. The molecule has 1 aliphatic heterocycles. The van der Waals surface area contributed by atoms with E-state index in [2.05, 4.69) is 53.4 Å². The lowest BCUT2D eigenvalue weighted by molar-refractivity contribution is 0.949. The van der Waals surface area contributed by atoms with Crippen LogP contribution >= 0.6 is 11.6 Å². The van der Waals surface area contributed by atoms with E-state index in [1.54, 1.807) is 0 Å². The number of rotatable bonds is 2. The number of nitrogens with zero attached hydrogens (tertiary/aromatic N) is 2. The van der Waals surface area contributed by atoms with Gasteiger partial charge in [0.25, 0.3) is 0 Å². The highest BCUT2D eigenvalue weighted by Crippen LogP contribution is 2.50. The smallest absolute Gasteiger partial charge is 0.0975 e. The third-order valence-corrected chi connectivity index (χ3v) is 6.01. The van der Waals surface area contributed by atoms with E-state index in [-0.39, 0.29) is 5.92 Å². The number of benzene rings is 3. The molecule has 1 aliphatic carbocycles. The van der Waals surface area contributed by atoms with Crippen molar-refractivity contribution in [3.8, 4) is 28.3 Å². The minimum atomic E-state index is -0.204. The minimum absolute atomic E-state index is 0.204. The molecule has 0 bridgehead atoms. The highest BCUT2D eigenvalue weighted by Gasteiger charge is 2.32. The molecule has 2 aliphatic rings. The van der Waals surface area contributed by atoms with Gasteiger partial charge in [-0.25, -0.2) is 0 Å². The number of halogens is 1. The van der Waals surface area contributed by atoms with Gasteiger partial charge in [0.05, 0.1) is 12.0 Å². The zero-order valence-corrected chi connectivity index (χ0v) is 15.7. The van der Waals surface area contributed by atoms with Crippen LogP contribution in [0.1, 0.15) is 29.9 Å². The van der Waals surface area contributed by atoms with Gasteiger partial charge in [-0.05, 0) is 70.5 Å². The predicted octanol–water partition coefficient (Wildman–Crippen LogP) is 6.24. The van der Waals surface area contributed by atoms with Gasteiger partial charge >= 0.3 is 0 Å². The van der Waals surface area contributed by atoms with Crippen molar-refractivity contribution in [2.75, 3.05) is 18.0 Å². The lowest BCUT2D eigenvalue weighted by Gasteiger charge is -2.22. The van der Waals surface area contributed by atoms with Crippen molar-refractivity contribution in [2.45, 2.75) is 18.8 Å². The Morgan fingerprint density at radius 2 is 1.63 bits per heavy atom. The maximum atomic E-state index is 9.93. The fraction of sp³-hybridized carbons (Fsp3) is 0.208. The summed E-state index contributed by atoms with van der Waals surface area (Å²) >= 11 is 6.13. The molecular formula is C24H19ClN2. The van der Waals surface area contributed by atoms with Crippen molar-refractivity contribution in [2.24, 2.45) is 0 Å². The average molecular weight is 371 g/mol. The molecule has 2 nitrogen and oxygen atoms in total. The molecule has 0 spiro atoms. The fourth-order valence-electron chi connectivity index (χ4n) is 4.48. The van der Waals surface area contributed by atoms with Crippen molar-refractivity contribution in [1.82, 2.24) is 0 Å². The van der Waals surface area contributed by atoms with E-state index >= 15 is 0 Å². The number of hydrogen-bond donors (Lipinski definition) is 0. The number of hydrogen-bond acceptors (Lipinski definition) is 2. The SMILES string of the molecule is N#CC1c2ccccc2-c2c(-c3ccc(Cl)cc3)cc(N3CCCC3)cc21. The third kappa shape index (κ3) is 2.62. The van der Waals surface area contributed by atoms with Crippen LogP contribution in [0.15, 0.2) is 60.7 Å². The quantitative estimate of drug-likeness (QED) is 0.533. The van der Waals surface area contributed by atoms with Crippen LogP contribution in [0.2, 0.25) is 5.02 Å². The number of anilines is 1. The molecule has 0 amide bonds. The first-order valence-electron chi connectivity index (χ1n) is 9.44. The number of nitriles is 1. The van der Waals surface area contributed by atoms with Gasteiger partial charge in [-0.2, -0.15) is 5.26 Å². The molecule has 1 saturated heterocycles. The molecule has 0 saturated carbocycles. The summed E-state index contributed by atoms with van der Waals surface area (Å²) in [5.41, 5.74) is 8.18. The van der Waals surface area contributed by atoms with Crippen LogP contribution in [0.5, 0.6) is 0 Å². The van der Waals surface area contributed by atoms with Crippen LogP contribution in [-0.2, 0) is 0 Å². The average Bonchev–Trinajstić information content (AvgIpc) is 3.34. The normalized spacial score (nSPS) is 17.5. The summed E-state index contributed by atoms with van der Waals surface area (Å²) in [5.74, 6) is -0.204. The molecular weight excluding hydrogens is 352 g/mol. The molecule has 132 valence electrons. The van der Waals surface area contributed by atoms with E-state index in [4.69, 9.17) is 11.6 Å². The number of fused-ring (bicyclic) bond motifs is 3. The summed E-state index contributed by atoms with van der Waals surface area (Å²) in [6.07, 6.45) is 2.46. The van der Waals surface area contributed by atoms with Crippen LogP contribution < -0.4 is 4.90 Å². The van der Waals surface area contributed by atoms with Crippen LogP contribution in [0.4, 0.5) is 5.69 Å². The monoisotopic (exact) mass is 370 g/mol. The second-order valence-corrected chi connectivity index (χ2v) is 7.74. The zero-order valence-electron chi connectivity index (χ0n) is 15.0. The van der Waals surface area contributed by atoms with Crippen molar-refractivity contribution < 1.29 is 0 Å². The summed E-state index contributed by atoms with van der Waals surface area (Å²) in [7, 11) is 0. The molecule has 3 aromatic carbocycles. The summed E-state index contributed by atoms with van der Waals surface area (Å²) in [6.45, 7) is 2.17. The fourth-order valence-corrected chi connectivity index (χ4v) is 4.60. The first-order chi connectivity index (χ1) is 13.3. The van der Waals surface area contributed by atoms with E-state index in [1.807, 2.05) is 18.2 Å². The maximum Gasteiger partial charge on any atom is 0.0975 e. The molecule has 1 atom stereocenters. The van der Waals surface area contributed by atoms with Crippen LogP contribution in [0, 0.1) is 11.3 Å². The summed E-state index contributed by atoms with van der Waals surface area (Å²) < 4.78 is 0. The molecule has 0 aromatic heterocycles. The standard InChI is InChI=1S/C24H19ClN2/c25-17-9-7-16(8-10-17)21-13-18(27-11-3-4-12-27)14-22-23(15-26)19-5-1-2-6-20(19)24(21)22/h1-2,5-10,13-14,23H,3-4,11-12H2. The molecule has 3 aromatic rings. The Labute approximate surface area is 164 Å². The second-order valence-electron chi connectivity index (χ2n) is 7.31. The summed E-state index contributed by atoms with van der Waals surface area (Å²) in [5, 5.41) is 10.7. The van der Waals surface area contributed by atoms with Gasteiger partial charge in [-0.3, -0.25) is 0 Å². The van der Waals surface area contributed by atoms with E-state index < -0.39 is 0 Å². The van der Waals surface area contributed by atoms with Gasteiger partial charge in [0.1, 0.15) is 0 Å². The minimum Gasteiger partial charge on any atom is -0.372 e. The molecule has 1 heterocycles. The van der Waals surface area contributed by atoms with E-state index in [0.29, 0.717) is 0 Å². The highest BCUT2D eigenvalue weighted by molar-refractivity contribution is 6.30. The van der Waals surface area contributed by atoms with Gasteiger partial charge in [0.2, 0.25) is 0 Å². The topological polar surface area (TPSA) is 27.0 Å². The largest absolute Gasteiger partial charge is 0.372 e. The van der Waals surface area contributed by atoms with E-state index in [9.17, 15) is 5.26 Å². The molecule has 1 fully saturated rings. The molecule has 27 heavy (non-hydrogen) atoms. The Hall–Kier alpha value is -2.76. The Morgan fingerprint density at radius 1 is 0.889 bits per heavy atom. The van der Waals surface area contributed by atoms with Crippen LogP contribution in [0.25, 0.3) is 22.3 Å². The molecule has 5 rings (SSSR count). The highest BCUT2D eigenvalue weighted by atomic mass is 35.5. The Bertz CT molecular complexity index is 1060. The van der Waals surface area contributed by atoms with E-state index in [0.717, 1.165) is 34.8 Å². The molecule has 1 unspecified atom stereocenters. The van der Waals surface area contributed by atoms with Gasteiger partial charge in [0, 0.05) is 23.8 Å². The van der Waals surface area contributed by atoms with Gasteiger partial charge in [-0.1, -0.05) is 48.0 Å². The predicted molar refractivity (Wildman–Crippen MR) is 111 cm³/mol. The van der Waals surface area contributed by atoms with E-state index in [1.165, 1.54) is 35.2 Å². The van der Waals surface area contributed by atoms with Gasteiger partial charge in [0.15, 0.2) is 0 Å². The summed E-state index contributed by atoms with van der Waals surface area (Å²) in [6, 6.07) is 23.4. The Balaban J connectivity index is 1.79. The lowest BCUT2D eigenvalue weighted by Crippen LogP contribution is -2.18. The third-order valence-electron chi connectivity index (χ3n) is 5.76. The first kappa shape index (κ1) is 16.4. The van der Waals surface area contributed by atoms with Gasteiger partial charge < -0.3 is 4.90 Å². The lowest BCUT2D eigenvalue weighted by atomic mass is 9.92. The second kappa shape index (κ2) is 6.44. The van der Waals surface area contributed by atoms with Crippen molar-refractivity contribution in [3.63, 3.8) is 0 Å². The molecule has 3 heteroatoms. The Morgan fingerprint density at radius 3 is 2.37 bits per heavy atom. The Kier molecular flexibility index (Phi) is 3.92. The first-order valence-corrected chi connectivity index (χ1v) is 9.82. The molecule has 0 radical (unpaired) electrons. The summed E-state index contributed by atoms with van der Waals surface area (Å²) in [4.78, 5) is 2.44. The van der Waals surface area contributed by atoms with Crippen LogP contribution in [0.3, 0.4) is 0 Å².